The fourth-order valence-corrected chi connectivity index (χ4v) is 5.12. The molecule has 28 heavy (non-hydrogen) atoms. The maximum atomic E-state index is 13.1. The van der Waals surface area contributed by atoms with Crippen LogP contribution in [0.5, 0.6) is 0 Å². The van der Waals surface area contributed by atoms with Crippen molar-refractivity contribution in [1.82, 2.24) is 10.6 Å². The number of carbonyl (C=O) groups is 1. The average Bonchev–Trinajstić information content (AvgIpc) is 3.21. The number of fused-ring (bicyclic) bond motifs is 1. The Bertz CT molecular complexity index is 773. The standard InChI is InChI=1S/C20H27F3N4O/c1-25-15-7-6-14(16(17(15)24)19-8-12(19)9-26-10-19)18(28)27-13-4-2-11(3-5-13)20(21,22)23/h6-7,11-13,25-26H,2-5,8-10,24H2,1H3,(H,27,28)/t11?,12-,13?,19+/m1/s1. The van der Waals surface area contributed by atoms with Gasteiger partial charge < -0.3 is 21.7 Å². The maximum absolute atomic E-state index is 13.1. The minimum atomic E-state index is -4.14. The lowest BCUT2D eigenvalue weighted by Crippen LogP contribution is -2.40. The smallest absolute Gasteiger partial charge is 0.391 e. The summed E-state index contributed by atoms with van der Waals surface area (Å²) in [6.07, 6.45) is -2.30. The van der Waals surface area contributed by atoms with Crippen LogP contribution in [0.1, 0.15) is 48.0 Å². The molecule has 1 heterocycles. The van der Waals surface area contributed by atoms with Crippen molar-refractivity contribution in [3.63, 3.8) is 0 Å². The number of amides is 1. The normalized spacial score (nSPS) is 31.9. The fraction of sp³-hybridized carbons (Fsp3) is 0.650. The Hall–Kier alpha value is -1.96. The number of nitrogen functional groups attached to an aromatic ring is 1. The van der Waals surface area contributed by atoms with E-state index in [1.54, 1.807) is 19.2 Å². The third kappa shape index (κ3) is 3.21. The summed E-state index contributed by atoms with van der Waals surface area (Å²) in [4.78, 5) is 13.1. The Morgan fingerprint density at radius 3 is 2.50 bits per heavy atom. The summed E-state index contributed by atoms with van der Waals surface area (Å²) in [5, 5.41) is 9.42. The molecule has 1 aromatic rings. The van der Waals surface area contributed by atoms with Crippen molar-refractivity contribution >= 4 is 17.3 Å². The Balaban J connectivity index is 1.53. The number of halogens is 3. The van der Waals surface area contributed by atoms with Gasteiger partial charge >= 0.3 is 6.18 Å². The van der Waals surface area contributed by atoms with Gasteiger partial charge in [0.25, 0.3) is 5.91 Å². The summed E-state index contributed by atoms with van der Waals surface area (Å²) in [6.45, 7) is 1.72. The molecule has 3 aliphatic rings. The van der Waals surface area contributed by atoms with Gasteiger partial charge in [-0.3, -0.25) is 4.79 Å². The Morgan fingerprint density at radius 1 is 1.25 bits per heavy atom. The van der Waals surface area contributed by atoms with Crippen molar-refractivity contribution in [2.45, 2.75) is 49.7 Å². The van der Waals surface area contributed by atoms with E-state index in [0.717, 1.165) is 30.8 Å². The summed E-state index contributed by atoms with van der Waals surface area (Å²) in [5.74, 6) is -1.00. The second kappa shape index (κ2) is 6.83. The van der Waals surface area contributed by atoms with Crippen molar-refractivity contribution < 1.29 is 18.0 Å². The first-order chi connectivity index (χ1) is 13.3. The minimum absolute atomic E-state index is 0.0675. The summed E-state index contributed by atoms with van der Waals surface area (Å²) in [6, 6.07) is 3.36. The Labute approximate surface area is 162 Å². The van der Waals surface area contributed by atoms with Gasteiger partial charge in [0.05, 0.1) is 17.3 Å². The molecule has 154 valence electrons. The topological polar surface area (TPSA) is 79.2 Å². The molecule has 4 rings (SSSR count). The van der Waals surface area contributed by atoms with E-state index in [0.29, 0.717) is 30.0 Å². The minimum Gasteiger partial charge on any atom is -0.397 e. The van der Waals surface area contributed by atoms with Crippen molar-refractivity contribution in [1.29, 1.82) is 0 Å². The SMILES string of the molecule is CNc1ccc(C(=O)NC2CCC(C(F)(F)F)CC2)c([C@@]23CNC[C@H]2C3)c1N. The molecule has 0 bridgehead atoms. The monoisotopic (exact) mass is 396 g/mol. The molecular formula is C20H27F3N4O. The van der Waals surface area contributed by atoms with Crippen LogP contribution in [0.15, 0.2) is 12.1 Å². The summed E-state index contributed by atoms with van der Waals surface area (Å²) in [5.41, 5.74) is 9.16. The van der Waals surface area contributed by atoms with Gasteiger partial charge in [0.15, 0.2) is 0 Å². The van der Waals surface area contributed by atoms with Crippen LogP contribution < -0.4 is 21.7 Å². The third-order valence-electron chi connectivity index (χ3n) is 6.85. The van der Waals surface area contributed by atoms with Crippen LogP contribution in [0.4, 0.5) is 24.5 Å². The largest absolute Gasteiger partial charge is 0.397 e. The quantitative estimate of drug-likeness (QED) is 0.590. The predicted octanol–water partition coefficient (Wildman–Crippen LogP) is 3.02. The van der Waals surface area contributed by atoms with Gasteiger partial charge in [0.2, 0.25) is 0 Å². The van der Waals surface area contributed by atoms with Gasteiger partial charge in [-0.25, -0.2) is 0 Å². The van der Waals surface area contributed by atoms with E-state index in [9.17, 15) is 18.0 Å². The van der Waals surface area contributed by atoms with Crippen molar-refractivity contribution in [2.24, 2.45) is 11.8 Å². The molecule has 1 amide bonds. The van der Waals surface area contributed by atoms with Gasteiger partial charge in [-0.05, 0) is 62.3 Å². The van der Waals surface area contributed by atoms with Crippen LogP contribution >= 0.6 is 0 Å². The highest BCUT2D eigenvalue weighted by Gasteiger charge is 2.60. The maximum Gasteiger partial charge on any atom is 0.391 e. The van der Waals surface area contributed by atoms with Gasteiger partial charge in [0, 0.05) is 30.6 Å². The zero-order chi connectivity index (χ0) is 20.1. The Morgan fingerprint density at radius 2 is 1.96 bits per heavy atom. The van der Waals surface area contributed by atoms with Crippen molar-refractivity contribution in [3.8, 4) is 0 Å². The summed E-state index contributed by atoms with van der Waals surface area (Å²) >= 11 is 0. The number of carbonyl (C=O) groups excluding carboxylic acids is 1. The molecule has 0 radical (unpaired) electrons. The van der Waals surface area contributed by atoms with E-state index < -0.39 is 12.1 Å². The van der Waals surface area contributed by atoms with Gasteiger partial charge in [-0.15, -0.1) is 0 Å². The molecule has 1 saturated heterocycles. The second-order valence-corrected chi connectivity index (χ2v) is 8.45. The summed E-state index contributed by atoms with van der Waals surface area (Å²) in [7, 11) is 1.79. The number of alkyl halides is 3. The molecule has 1 aromatic carbocycles. The van der Waals surface area contributed by atoms with Crippen molar-refractivity contribution in [3.05, 3.63) is 23.3 Å². The molecule has 8 heteroatoms. The lowest BCUT2D eigenvalue weighted by molar-refractivity contribution is -0.182. The molecule has 1 aliphatic heterocycles. The van der Waals surface area contributed by atoms with Crippen LogP contribution in [0.2, 0.25) is 0 Å². The molecule has 3 fully saturated rings. The van der Waals surface area contributed by atoms with Crippen LogP contribution in [0.3, 0.4) is 0 Å². The highest BCUT2D eigenvalue weighted by molar-refractivity contribution is 5.99. The number of nitrogens with two attached hydrogens (primary N) is 1. The van der Waals surface area contributed by atoms with Crippen LogP contribution in [0.25, 0.3) is 0 Å². The molecule has 0 unspecified atom stereocenters. The van der Waals surface area contributed by atoms with Crippen LogP contribution in [-0.4, -0.2) is 38.3 Å². The Kier molecular flexibility index (Phi) is 4.72. The average molecular weight is 396 g/mol. The van der Waals surface area contributed by atoms with E-state index in [2.05, 4.69) is 16.0 Å². The first kappa shape index (κ1) is 19.4. The van der Waals surface area contributed by atoms with Gasteiger partial charge in [-0.2, -0.15) is 13.2 Å². The van der Waals surface area contributed by atoms with E-state index in [-0.39, 0.29) is 30.2 Å². The number of nitrogens with one attached hydrogen (secondary N) is 3. The lowest BCUT2D eigenvalue weighted by Gasteiger charge is -2.31. The van der Waals surface area contributed by atoms with E-state index >= 15 is 0 Å². The molecule has 2 saturated carbocycles. The molecule has 0 spiro atoms. The number of benzene rings is 1. The van der Waals surface area contributed by atoms with Crippen LogP contribution in [0, 0.1) is 11.8 Å². The van der Waals surface area contributed by atoms with Gasteiger partial charge in [0.1, 0.15) is 0 Å². The third-order valence-corrected chi connectivity index (χ3v) is 6.85. The zero-order valence-electron chi connectivity index (χ0n) is 16.0. The molecule has 5 N–H and O–H groups in total. The first-order valence-corrected chi connectivity index (χ1v) is 9.95. The van der Waals surface area contributed by atoms with Gasteiger partial charge in [-0.1, -0.05) is 0 Å². The fourth-order valence-electron chi connectivity index (χ4n) is 5.12. The number of rotatable bonds is 4. The number of piperidine rings is 1. The molecular weight excluding hydrogens is 369 g/mol. The first-order valence-electron chi connectivity index (χ1n) is 9.95. The molecule has 2 aliphatic carbocycles. The lowest BCUT2D eigenvalue weighted by atomic mass is 9.84. The number of hydrogen-bond donors (Lipinski definition) is 4. The van der Waals surface area contributed by atoms with E-state index in [1.165, 1.54) is 0 Å². The summed E-state index contributed by atoms with van der Waals surface area (Å²) < 4.78 is 38.6. The molecule has 0 aromatic heterocycles. The molecule has 2 atom stereocenters. The van der Waals surface area contributed by atoms with E-state index in [4.69, 9.17) is 5.73 Å². The van der Waals surface area contributed by atoms with Crippen molar-refractivity contribution in [2.75, 3.05) is 31.2 Å². The number of anilines is 2. The van der Waals surface area contributed by atoms with E-state index in [1.807, 2.05) is 0 Å². The zero-order valence-corrected chi connectivity index (χ0v) is 16.0. The van der Waals surface area contributed by atoms with Crippen LogP contribution in [-0.2, 0) is 5.41 Å². The second-order valence-electron chi connectivity index (χ2n) is 8.45. The predicted molar refractivity (Wildman–Crippen MR) is 102 cm³/mol. The highest BCUT2D eigenvalue weighted by Crippen LogP contribution is 2.59. The molecule has 5 nitrogen and oxygen atoms in total. The highest BCUT2D eigenvalue weighted by atomic mass is 19.4. The number of hydrogen-bond acceptors (Lipinski definition) is 4.